The summed E-state index contributed by atoms with van der Waals surface area (Å²) in [7, 11) is 1.66. The van der Waals surface area contributed by atoms with E-state index in [1.54, 1.807) is 7.11 Å². The minimum atomic E-state index is 0.156. The van der Waals surface area contributed by atoms with Gasteiger partial charge in [0.1, 0.15) is 11.6 Å². The third-order valence-corrected chi connectivity index (χ3v) is 4.11. The molecule has 2 heterocycles. The van der Waals surface area contributed by atoms with E-state index in [9.17, 15) is 5.11 Å². The molecule has 0 unspecified atom stereocenters. The largest absolute Gasteiger partial charge is 0.497 e. The maximum atomic E-state index is 9.40. The molecule has 1 aliphatic heterocycles. The Morgan fingerprint density at radius 3 is 2.91 bits per heavy atom. The monoisotopic (exact) mass is 317 g/mol. The van der Waals surface area contributed by atoms with Crippen molar-refractivity contribution in [1.29, 1.82) is 0 Å². The first-order chi connectivity index (χ1) is 11.3. The van der Waals surface area contributed by atoms with Crippen molar-refractivity contribution in [3.05, 3.63) is 42.5 Å². The van der Waals surface area contributed by atoms with Gasteiger partial charge in [0.05, 0.1) is 26.9 Å². The second-order valence-electron chi connectivity index (χ2n) is 5.77. The van der Waals surface area contributed by atoms with Crippen molar-refractivity contribution in [3.63, 3.8) is 0 Å². The quantitative estimate of drug-likeness (QED) is 0.901. The molecule has 0 aliphatic carbocycles. The third kappa shape index (κ3) is 3.90. The summed E-state index contributed by atoms with van der Waals surface area (Å²) in [4.78, 5) is 6.79. The summed E-state index contributed by atoms with van der Waals surface area (Å²) < 4.78 is 12.8. The molecule has 1 fully saturated rings. The summed E-state index contributed by atoms with van der Waals surface area (Å²) in [6.07, 6.45) is 3.78. The van der Waals surface area contributed by atoms with Crippen molar-refractivity contribution < 1.29 is 14.6 Å². The van der Waals surface area contributed by atoms with E-state index in [0.717, 1.165) is 36.9 Å². The summed E-state index contributed by atoms with van der Waals surface area (Å²) in [6, 6.07) is 7.93. The van der Waals surface area contributed by atoms with Gasteiger partial charge in [-0.25, -0.2) is 4.98 Å². The zero-order valence-electron chi connectivity index (χ0n) is 13.4. The highest BCUT2D eigenvalue weighted by Crippen LogP contribution is 2.18. The number of nitrogens with zero attached hydrogens (tertiary/aromatic N) is 3. The van der Waals surface area contributed by atoms with Crippen LogP contribution in [0.4, 0.5) is 0 Å². The lowest BCUT2D eigenvalue weighted by Gasteiger charge is -2.22. The molecule has 1 aliphatic rings. The van der Waals surface area contributed by atoms with Crippen LogP contribution in [0.25, 0.3) is 5.69 Å². The smallest absolute Gasteiger partial charge is 0.127 e. The van der Waals surface area contributed by atoms with Gasteiger partial charge >= 0.3 is 0 Å². The second-order valence-corrected chi connectivity index (χ2v) is 5.77. The van der Waals surface area contributed by atoms with Crippen LogP contribution < -0.4 is 4.74 Å². The van der Waals surface area contributed by atoms with Crippen LogP contribution in [-0.4, -0.2) is 59.6 Å². The van der Waals surface area contributed by atoms with Crippen molar-refractivity contribution >= 4 is 0 Å². The van der Waals surface area contributed by atoms with Gasteiger partial charge in [-0.3, -0.25) is 4.90 Å². The lowest BCUT2D eigenvalue weighted by Crippen LogP contribution is -2.32. The average molecular weight is 317 g/mol. The fourth-order valence-corrected chi connectivity index (χ4v) is 2.84. The molecule has 1 saturated heterocycles. The number of ether oxygens (including phenoxy) is 2. The van der Waals surface area contributed by atoms with Crippen molar-refractivity contribution in [1.82, 2.24) is 14.5 Å². The number of benzene rings is 1. The molecular weight excluding hydrogens is 294 g/mol. The Bertz CT molecular complexity index is 612. The summed E-state index contributed by atoms with van der Waals surface area (Å²) in [5.41, 5.74) is 1.06. The number of aliphatic hydroxyl groups is 1. The van der Waals surface area contributed by atoms with E-state index in [4.69, 9.17) is 9.47 Å². The van der Waals surface area contributed by atoms with E-state index >= 15 is 0 Å². The minimum Gasteiger partial charge on any atom is -0.497 e. The maximum Gasteiger partial charge on any atom is 0.127 e. The fourth-order valence-electron chi connectivity index (χ4n) is 2.84. The summed E-state index contributed by atoms with van der Waals surface area (Å²) in [5, 5.41) is 9.40. The van der Waals surface area contributed by atoms with E-state index in [1.165, 1.54) is 0 Å². The van der Waals surface area contributed by atoms with E-state index < -0.39 is 0 Å². The Labute approximate surface area is 136 Å². The van der Waals surface area contributed by atoms with Gasteiger partial charge in [0, 0.05) is 43.7 Å². The van der Waals surface area contributed by atoms with Crippen LogP contribution in [0.5, 0.6) is 5.75 Å². The number of hydrogen-bond donors (Lipinski definition) is 1. The van der Waals surface area contributed by atoms with E-state index in [0.29, 0.717) is 13.2 Å². The zero-order chi connectivity index (χ0) is 16.1. The van der Waals surface area contributed by atoms with Gasteiger partial charge in [-0.05, 0) is 24.3 Å². The van der Waals surface area contributed by atoms with Gasteiger partial charge in [-0.1, -0.05) is 0 Å². The molecule has 1 atom stereocenters. The standard InChI is InChI=1S/C17H23N3O3/c1-22-16-4-2-15(3-5-16)20-7-6-18-17(20)11-19-8-9-23-13-14(10-19)12-21/h2-7,14,21H,8-13H2,1H3/t14-/m1/s1. The number of aromatic nitrogens is 2. The van der Waals surface area contributed by atoms with Crippen LogP contribution in [0.3, 0.4) is 0 Å². The first-order valence-electron chi connectivity index (χ1n) is 7.87. The predicted octanol–water partition coefficient (Wildman–Crippen LogP) is 1.32. The van der Waals surface area contributed by atoms with Gasteiger partial charge in [-0.15, -0.1) is 0 Å². The molecule has 124 valence electrons. The number of imidazole rings is 1. The lowest BCUT2D eigenvalue weighted by atomic mass is 10.1. The van der Waals surface area contributed by atoms with Crippen molar-refractivity contribution in [2.24, 2.45) is 5.92 Å². The van der Waals surface area contributed by atoms with E-state index in [2.05, 4.69) is 14.5 Å². The van der Waals surface area contributed by atoms with Crippen LogP contribution >= 0.6 is 0 Å². The number of hydrogen-bond acceptors (Lipinski definition) is 5. The molecule has 0 bridgehead atoms. The average Bonchev–Trinajstić information content (AvgIpc) is 2.92. The molecule has 6 heteroatoms. The maximum absolute atomic E-state index is 9.40. The fraction of sp³-hybridized carbons (Fsp3) is 0.471. The summed E-state index contributed by atoms with van der Waals surface area (Å²) >= 11 is 0. The Morgan fingerprint density at radius 1 is 1.35 bits per heavy atom. The summed E-state index contributed by atoms with van der Waals surface area (Å²) in [6.45, 7) is 3.89. The van der Waals surface area contributed by atoms with Gasteiger partial charge in [0.2, 0.25) is 0 Å². The Balaban J connectivity index is 1.74. The Kier molecular flexibility index (Phi) is 5.27. The molecule has 0 radical (unpaired) electrons. The van der Waals surface area contributed by atoms with Crippen LogP contribution in [-0.2, 0) is 11.3 Å². The van der Waals surface area contributed by atoms with Crippen LogP contribution in [0.1, 0.15) is 5.82 Å². The number of rotatable bonds is 5. The van der Waals surface area contributed by atoms with E-state index in [1.807, 2.05) is 36.7 Å². The highest BCUT2D eigenvalue weighted by molar-refractivity contribution is 5.38. The first-order valence-corrected chi connectivity index (χ1v) is 7.87. The third-order valence-electron chi connectivity index (χ3n) is 4.11. The SMILES string of the molecule is COc1ccc(-n2ccnc2CN2CCOC[C@@H](CO)C2)cc1. The second kappa shape index (κ2) is 7.59. The topological polar surface area (TPSA) is 59.8 Å². The van der Waals surface area contributed by atoms with Gasteiger partial charge < -0.3 is 19.1 Å². The molecule has 3 rings (SSSR count). The number of aliphatic hydroxyl groups excluding tert-OH is 1. The lowest BCUT2D eigenvalue weighted by molar-refractivity contribution is 0.0958. The van der Waals surface area contributed by atoms with Crippen molar-refractivity contribution in [2.75, 3.05) is 40.0 Å². The molecule has 23 heavy (non-hydrogen) atoms. The normalized spacial score (nSPS) is 19.5. The molecule has 6 nitrogen and oxygen atoms in total. The van der Waals surface area contributed by atoms with Crippen molar-refractivity contribution in [3.8, 4) is 11.4 Å². The highest BCUT2D eigenvalue weighted by Gasteiger charge is 2.19. The highest BCUT2D eigenvalue weighted by atomic mass is 16.5. The van der Waals surface area contributed by atoms with E-state index in [-0.39, 0.29) is 12.5 Å². The van der Waals surface area contributed by atoms with Gasteiger partial charge in [-0.2, -0.15) is 0 Å². The molecule has 1 N–H and O–H groups in total. The Morgan fingerprint density at radius 2 is 2.17 bits per heavy atom. The van der Waals surface area contributed by atoms with Gasteiger partial charge in [0.15, 0.2) is 0 Å². The molecule has 1 aromatic carbocycles. The Hall–Kier alpha value is -1.89. The molecular formula is C17H23N3O3. The molecule has 0 amide bonds. The summed E-state index contributed by atoms with van der Waals surface area (Å²) in [5.74, 6) is 1.99. The first kappa shape index (κ1) is 16.0. The molecule has 1 aromatic heterocycles. The molecule has 2 aromatic rings. The van der Waals surface area contributed by atoms with Crippen LogP contribution in [0, 0.1) is 5.92 Å². The van der Waals surface area contributed by atoms with Gasteiger partial charge in [0.25, 0.3) is 0 Å². The van der Waals surface area contributed by atoms with Crippen LogP contribution in [0.2, 0.25) is 0 Å². The van der Waals surface area contributed by atoms with Crippen molar-refractivity contribution in [2.45, 2.75) is 6.54 Å². The number of methoxy groups -OCH3 is 1. The molecule has 0 saturated carbocycles. The zero-order valence-corrected chi connectivity index (χ0v) is 13.4. The van der Waals surface area contributed by atoms with Crippen LogP contribution in [0.15, 0.2) is 36.7 Å². The minimum absolute atomic E-state index is 0.156. The molecule has 0 spiro atoms. The predicted molar refractivity (Wildman–Crippen MR) is 86.8 cm³/mol.